The van der Waals surface area contributed by atoms with Crippen LogP contribution in [0.25, 0.3) is 16.6 Å². The van der Waals surface area contributed by atoms with Crippen LogP contribution in [0.2, 0.25) is 0 Å². The maximum absolute atomic E-state index is 12.8. The van der Waals surface area contributed by atoms with E-state index in [0.29, 0.717) is 10.2 Å². The number of aromatic nitrogens is 2. The van der Waals surface area contributed by atoms with Crippen molar-refractivity contribution in [2.24, 2.45) is 0 Å². The van der Waals surface area contributed by atoms with E-state index in [1.807, 2.05) is 24.3 Å². The van der Waals surface area contributed by atoms with Gasteiger partial charge in [-0.15, -0.1) is 0 Å². The number of benzene rings is 2. The van der Waals surface area contributed by atoms with E-state index in [2.05, 4.69) is 21.0 Å². The van der Waals surface area contributed by atoms with Crippen molar-refractivity contribution in [2.75, 3.05) is 0 Å². The molecular weight excluding hydrogens is 333 g/mol. The predicted molar refractivity (Wildman–Crippen MR) is 73.8 cm³/mol. The van der Waals surface area contributed by atoms with Gasteiger partial charge in [-0.1, -0.05) is 18.2 Å². The Morgan fingerprint density at radius 2 is 1.80 bits per heavy atom. The third-order valence-electron chi connectivity index (χ3n) is 2.93. The summed E-state index contributed by atoms with van der Waals surface area (Å²) >= 11 is 3.26. The highest BCUT2D eigenvalue weighted by Gasteiger charge is 2.31. The molecule has 1 aromatic heterocycles. The van der Waals surface area contributed by atoms with Gasteiger partial charge in [0.05, 0.1) is 16.8 Å². The lowest BCUT2D eigenvalue weighted by Crippen LogP contribution is -2.06. The summed E-state index contributed by atoms with van der Waals surface area (Å²) in [7, 11) is 0. The van der Waals surface area contributed by atoms with Crippen LogP contribution < -0.4 is 0 Å². The molecule has 0 fully saturated rings. The molecule has 0 aliphatic heterocycles. The van der Waals surface area contributed by atoms with Gasteiger partial charge in [-0.05, 0) is 40.2 Å². The topological polar surface area (TPSA) is 17.8 Å². The Morgan fingerprint density at radius 3 is 2.50 bits per heavy atom. The second-order valence-electron chi connectivity index (χ2n) is 4.30. The minimum Gasteiger partial charge on any atom is -0.239 e. The van der Waals surface area contributed by atoms with Crippen LogP contribution in [0.4, 0.5) is 13.2 Å². The minimum atomic E-state index is -4.37. The standard InChI is InChI=1S/C14H8BrF3N2/c15-11-6-5-10(14(16,17)18)7-13(11)20-8-9-3-1-2-4-12(9)19-20/h1-8H. The van der Waals surface area contributed by atoms with E-state index in [1.54, 1.807) is 6.20 Å². The molecule has 1 heterocycles. The third-order valence-corrected chi connectivity index (χ3v) is 3.60. The van der Waals surface area contributed by atoms with Crippen LogP contribution in [0, 0.1) is 0 Å². The highest BCUT2D eigenvalue weighted by molar-refractivity contribution is 9.10. The molecule has 6 heteroatoms. The summed E-state index contributed by atoms with van der Waals surface area (Å²) < 4.78 is 40.3. The number of rotatable bonds is 1. The van der Waals surface area contributed by atoms with Crippen LogP contribution in [0.3, 0.4) is 0 Å². The van der Waals surface area contributed by atoms with Crippen LogP contribution in [0.15, 0.2) is 53.1 Å². The summed E-state index contributed by atoms with van der Waals surface area (Å²) in [4.78, 5) is 0. The molecule has 0 atom stereocenters. The Balaban J connectivity index is 2.17. The van der Waals surface area contributed by atoms with Crippen molar-refractivity contribution in [1.82, 2.24) is 9.78 Å². The second kappa shape index (κ2) is 4.63. The Morgan fingerprint density at radius 1 is 1.05 bits per heavy atom. The molecule has 0 unspecified atom stereocenters. The molecule has 0 aliphatic carbocycles. The zero-order valence-corrected chi connectivity index (χ0v) is 11.6. The van der Waals surface area contributed by atoms with Crippen molar-refractivity contribution in [3.63, 3.8) is 0 Å². The smallest absolute Gasteiger partial charge is 0.239 e. The monoisotopic (exact) mass is 340 g/mol. The summed E-state index contributed by atoms with van der Waals surface area (Å²) in [6.45, 7) is 0. The van der Waals surface area contributed by atoms with Gasteiger partial charge in [-0.2, -0.15) is 18.3 Å². The van der Waals surface area contributed by atoms with Gasteiger partial charge >= 0.3 is 6.18 Å². The average Bonchev–Trinajstić information content (AvgIpc) is 2.81. The van der Waals surface area contributed by atoms with Crippen LogP contribution in [-0.4, -0.2) is 9.78 Å². The van der Waals surface area contributed by atoms with Gasteiger partial charge in [-0.3, -0.25) is 0 Å². The molecule has 2 aromatic carbocycles. The molecule has 102 valence electrons. The van der Waals surface area contributed by atoms with E-state index < -0.39 is 11.7 Å². The number of hydrogen-bond donors (Lipinski definition) is 0. The Hall–Kier alpha value is -1.82. The van der Waals surface area contributed by atoms with Crippen molar-refractivity contribution in [3.8, 4) is 5.69 Å². The molecular formula is C14H8BrF3N2. The van der Waals surface area contributed by atoms with Gasteiger partial charge in [0, 0.05) is 16.1 Å². The van der Waals surface area contributed by atoms with Crippen LogP contribution in [-0.2, 0) is 6.18 Å². The van der Waals surface area contributed by atoms with Crippen LogP contribution >= 0.6 is 15.9 Å². The fraction of sp³-hybridized carbons (Fsp3) is 0.0714. The molecule has 0 saturated carbocycles. The number of alkyl halides is 3. The van der Waals surface area contributed by atoms with E-state index in [0.717, 1.165) is 23.0 Å². The van der Waals surface area contributed by atoms with Gasteiger partial charge in [0.15, 0.2) is 0 Å². The molecule has 0 radical (unpaired) electrons. The number of halogens is 4. The van der Waals surface area contributed by atoms with Crippen molar-refractivity contribution >= 4 is 26.8 Å². The molecule has 3 rings (SSSR count). The first-order valence-corrected chi connectivity index (χ1v) is 6.56. The van der Waals surface area contributed by atoms with E-state index in [9.17, 15) is 13.2 Å². The van der Waals surface area contributed by atoms with Crippen molar-refractivity contribution in [1.29, 1.82) is 0 Å². The quantitative estimate of drug-likeness (QED) is 0.621. The normalized spacial score (nSPS) is 12.0. The van der Waals surface area contributed by atoms with Gasteiger partial charge in [0.2, 0.25) is 0 Å². The highest BCUT2D eigenvalue weighted by atomic mass is 79.9. The van der Waals surface area contributed by atoms with E-state index in [-0.39, 0.29) is 0 Å². The summed E-state index contributed by atoms with van der Waals surface area (Å²) in [6, 6.07) is 10.9. The van der Waals surface area contributed by atoms with Crippen molar-refractivity contribution in [2.45, 2.75) is 6.18 Å². The predicted octanol–water partition coefficient (Wildman–Crippen LogP) is 4.81. The molecule has 0 aliphatic rings. The first-order valence-electron chi connectivity index (χ1n) is 5.77. The maximum atomic E-state index is 12.8. The lowest BCUT2D eigenvalue weighted by molar-refractivity contribution is -0.137. The van der Waals surface area contributed by atoms with E-state index >= 15 is 0 Å². The summed E-state index contributed by atoms with van der Waals surface area (Å²) in [5.74, 6) is 0. The van der Waals surface area contributed by atoms with E-state index in [4.69, 9.17) is 0 Å². The van der Waals surface area contributed by atoms with E-state index in [1.165, 1.54) is 10.7 Å². The summed E-state index contributed by atoms with van der Waals surface area (Å²) in [5, 5.41) is 5.16. The Kier molecular flexibility index (Phi) is 3.05. The number of hydrogen-bond acceptors (Lipinski definition) is 1. The van der Waals surface area contributed by atoms with Crippen LogP contribution in [0.5, 0.6) is 0 Å². The highest BCUT2D eigenvalue weighted by Crippen LogP contribution is 2.33. The lowest BCUT2D eigenvalue weighted by Gasteiger charge is -2.10. The SMILES string of the molecule is FC(F)(F)c1ccc(Br)c(-n2cc3ccccc3n2)c1. The zero-order valence-electron chi connectivity index (χ0n) is 10.0. The number of nitrogens with zero attached hydrogens (tertiary/aromatic N) is 2. The van der Waals surface area contributed by atoms with Crippen molar-refractivity contribution in [3.05, 3.63) is 58.7 Å². The average molecular weight is 341 g/mol. The molecule has 0 spiro atoms. The molecule has 0 amide bonds. The van der Waals surface area contributed by atoms with Crippen LogP contribution in [0.1, 0.15) is 5.56 Å². The fourth-order valence-electron chi connectivity index (χ4n) is 1.95. The second-order valence-corrected chi connectivity index (χ2v) is 5.15. The first kappa shape index (κ1) is 13.2. The van der Waals surface area contributed by atoms with Gasteiger partial charge < -0.3 is 0 Å². The summed E-state index contributed by atoms with van der Waals surface area (Å²) in [5.41, 5.74) is 0.392. The summed E-state index contributed by atoms with van der Waals surface area (Å²) in [6.07, 6.45) is -2.67. The third kappa shape index (κ3) is 2.31. The fourth-order valence-corrected chi connectivity index (χ4v) is 2.38. The minimum absolute atomic E-state index is 0.357. The van der Waals surface area contributed by atoms with Gasteiger partial charge in [-0.25, -0.2) is 4.68 Å². The largest absolute Gasteiger partial charge is 0.416 e. The number of fused-ring (bicyclic) bond motifs is 1. The molecule has 2 nitrogen and oxygen atoms in total. The molecule has 0 N–H and O–H groups in total. The maximum Gasteiger partial charge on any atom is 0.416 e. The molecule has 20 heavy (non-hydrogen) atoms. The zero-order chi connectivity index (χ0) is 14.3. The van der Waals surface area contributed by atoms with Crippen molar-refractivity contribution < 1.29 is 13.2 Å². The lowest BCUT2D eigenvalue weighted by atomic mass is 10.2. The Labute approximate surface area is 121 Å². The van der Waals surface area contributed by atoms with Gasteiger partial charge in [0.25, 0.3) is 0 Å². The molecule has 3 aromatic rings. The molecule has 0 saturated heterocycles. The van der Waals surface area contributed by atoms with Gasteiger partial charge in [0.1, 0.15) is 0 Å². The first-order chi connectivity index (χ1) is 9.45. The molecule has 0 bridgehead atoms. The Bertz CT molecular complexity index is 744.